The second-order valence-electron chi connectivity index (χ2n) is 7.46. The molecule has 0 aliphatic carbocycles. The van der Waals surface area contributed by atoms with Gasteiger partial charge in [-0.1, -0.05) is 18.2 Å². The van der Waals surface area contributed by atoms with Gasteiger partial charge in [0.1, 0.15) is 17.9 Å². The molecule has 26 heavy (non-hydrogen) atoms. The van der Waals surface area contributed by atoms with Crippen molar-refractivity contribution >= 4 is 17.8 Å². The van der Waals surface area contributed by atoms with Gasteiger partial charge >= 0.3 is 0 Å². The Morgan fingerprint density at radius 3 is 2.73 bits per heavy atom. The highest BCUT2D eigenvalue weighted by atomic mass is 16.5. The minimum absolute atomic E-state index is 0.0526. The maximum atomic E-state index is 12.9. The number of guanidine groups is 1. The molecule has 1 aromatic rings. The Kier molecular flexibility index (Phi) is 4.09. The van der Waals surface area contributed by atoms with Crippen LogP contribution in [0.4, 0.5) is 0 Å². The Labute approximate surface area is 153 Å². The van der Waals surface area contributed by atoms with Crippen LogP contribution in [0.5, 0.6) is 5.75 Å². The maximum absolute atomic E-state index is 12.9. The van der Waals surface area contributed by atoms with Crippen LogP contribution in [0.3, 0.4) is 0 Å². The summed E-state index contributed by atoms with van der Waals surface area (Å²) >= 11 is 0. The highest BCUT2D eigenvalue weighted by molar-refractivity contribution is 6.07. The number of nitrogens with one attached hydrogen (secondary N) is 1. The van der Waals surface area contributed by atoms with Crippen LogP contribution in [-0.4, -0.2) is 66.9 Å². The number of carbonyl (C=O) groups excluding carboxylic acids is 2. The van der Waals surface area contributed by atoms with Gasteiger partial charge in [0.2, 0.25) is 11.9 Å². The number of ether oxygens (including phenoxy) is 1. The van der Waals surface area contributed by atoms with Gasteiger partial charge in [-0.05, 0) is 30.9 Å². The second-order valence-corrected chi connectivity index (χ2v) is 7.46. The summed E-state index contributed by atoms with van der Waals surface area (Å²) < 4.78 is 5.76. The highest BCUT2D eigenvalue weighted by Crippen LogP contribution is 2.32. The van der Waals surface area contributed by atoms with Gasteiger partial charge < -0.3 is 14.5 Å². The largest absolute Gasteiger partial charge is 0.492 e. The fourth-order valence-corrected chi connectivity index (χ4v) is 3.89. The summed E-state index contributed by atoms with van der Waals surface area (Å²) in [5.74, 6) is 1.39. The first-order valence-electron chi connectivity index (χ1n) is 9.07. The van der Waals surface area contributed by atoms with Gasteiger partial charge in [-0.25, -0.2) is 4.99 Å². The predicted molar refractivity (Wildman–Crippen MR) is 96.9 cm³/mol. The zero-order valence-corrected chi connectivity index (χ0v) is 15.2. The minimum atomic E-state index is -0.716. The molecular formula is C19H24N4O3. The van der Waals surface area contributed by atoms with E-state index in [1.807, 2.05) is 43.3 Å². The van der Waals surface area contributed by atoms with Gasteiger partial charge in [-0.15, -0.1) is 0 Å². The molecule has 3 aliphatic rings. The molecule has 0 saturated carbocycles. The second kappa shape index (κ2) is 6.30. The number of nitrogens with zero attached hydrogens (tertiary/aromatic N) is 3. The van der Waals surface area contributed by atoms with Crippen LogP contribution in [0, 0.1) is 5.92 Å². The number of hydrogen-bond donors (Lipinski definition) is 1. The van der Waals surface area contributed by atoms with E-state index in [0.717, 1.165) is 11.3 Å². The first-order valence-corrected chi connectivity index (χ1v) is 9.07. The Morgan fingerprint density at radius 2 is 2.04 bits per heavy atom. The average molecular weight is 356 g/mol. The zero-order chi connectivity index (χ0) is 18.3. The number of benzene rings is 1. The van der Waals surface area contributed by atoms with E-state index in [1.54, 1.807) is 4.90 Å². The molecule has 1 aromatic carbocycles. The summed E-state index contributed by atoms with van der Waals surface area (Å²) in [6, 6.07) is 7.87. The molecule has 1 fully saturated rings. The van der Waals surface area contributed by atoms with E-state index in [4.69, 9.17) is 4.74 Å². The molecule has 1 saturated heterocycles. The van der Waals surface area contributed by atoms with Crippen molar-refractivity contribution in [2.45, 2.75) is 24.8 Å². The molecule has 138 valence electrons. The van der Waals surface area contributed by atoms with E-state index in [9.17, 15) is 9.59 Å². The summed E-state index contributed by atoms with van der Waals surface area (Å²) in [5.41, 5.74) is 0.368. The van der Waals surface area contributed by atoms with Crippen LogP contribution in [0.1, 0.15) is 18.4 Å². The summed E-state index contributed by atoms with van der Waals surface area (Å²) in [7, 11) is 3.72. The molecule has 1 spiro atoms. The molecule has 4 rings (SSSR count). The summed E-state index contributed by atoms with van der Waals surface area (Å²) in [5, 5.41) is 2.85. The molecule has 3 aliphatic heterocycles. The summed E-state index contributed by atoms with van der Waals surface area (Å²) in [4.78, 5) is 33.6. The summed E-state index contributed by atoms with van der Waals surface area (Å²) in [6.07, 6.45) is 1.83. The van der Waals surface area contributed by atoms with Crippen molar-refractivity contribution in [1.29, 1.82) is 0 Å². The van der Waals surface area contributed by atoms with Gasteiger partial charge in [0.15, 0.2) is 0 Å². The first kappa shape index (κ1) is 16.9. The van der Waals surface area contributed by atoms with Crippen molar-refractivity contribution in [2.75, 3.05) is 33.8 Å². The van der Waals surface area contributed by atoms with Gasteiger partial charge in [0.25, 0.3) is 5.91 Å². The summed E-state index contributed by atoms with van der Waals surface area (Å²) in [6.45, 7) is 1.52. The molecule has 3 heterocycles. The van der Waals surface area contributed by atoms with Crippen molar-refractivity contribution in [3.8, 4) is 5.75 Å². The van der Waals surface area contributed by atoms with Crippen LogP contribution in [0.25, 0.3) is 0 Å². The van der Waals surface area contributed by atoms with Gasteiger partial charge in [-0.3, -0.25) is 14.9 Å². The first-order chi connectivity index (χ1) is 12.5. The third-order valence-corrected chi connectivity index (χ3v) is 5.52. The monoisotopic (exact) mass is 356 g/mol. The number of rotatable bonds is 1. The van der Waals surface area contributed by atoms with E-state index in [2.05, 4.69) is 10.3 Å². The van der Waals surface area contributed by atoms with Crippen molar-refractivity contribution in [2.24, 2.45) is 10.9 Å². The molecule has 0 bridgehead atoms. The van der Waals surface area contributed by atoms with E-state index >= 15 is 0 Å². The number of carbonyl (C=O) groups is 2. The smallest absolute Gasteiger partial charge is 0.254 e. The van der Waals surface area contributed by atoms with E-state index in [0.29, 0.717) is 44.9 Å². The molecule has 0 aromatic heterocycles. The van der Waals surface area contributed by atoms with E-state index < -0.39 is 5.54 Å². The van der Waals surface area contributed by atoms with Crippen LogP contribution in [0.2, 0.25) is 0 Å². The molecule has 0 radical (unpaired) electrons. The van der Waals surface area contributed by atoms with Crippen molar-refractivity contribution in [3.63, 3.8) is 0 Å². The number of piperidine rings is 1. The number of fused-ring (bicyclic) bond motifs is 1. The molecule has 1 atom stereocenters. The normalized spacial score (nSPS) is 23.8. The van der Waals surface area contributed by atoms with Crippen LogP contribution < -0.4 is 10.1 Å². The van der Waals surface area contributed by atoms with Crippen LogP contribution in [-0.2, 0) is 16.0 Å². The lowest BCUT2D eigenvalue weighted by molar-refractivity contribution is -0.140. The number of likely N-dealkylation sites (tertiary alicyclic amines) is 1. The Balaban J connectivity index is 1.41. The lowest BCUT2D eigenvalue weighted by atomic mass is 9.87. The fraction of sp³-hybridized carbons (Fsp3) is 0.526. The average Bonchev–Trinajstić information content (AvgIpc) is 2.98. The third-order valence-electron chi connectivity index (χ3n) is 5.52. The van der Waals surface area contributed by atoms with Crippen molar-refractivity contribution in [1.82, 2.24) is 15.1 Å². The van der Waals surface area contributed by atoms with E-state index in [1.165, 1.54) is 0 Å². The molecule has 2 amide bonds. The lowest BCUT2D eigenvalue weighted by Crippen LogP contribution is -2.52. The lowest BCUT2D eigenvalue weighted by Gasteiger charge is -2.37. The Morgan fingerprint density at radius 1 is 1.31 bits per heavy atom. The number of para-hydroxylation sites is 1. The fourth-order valence-electron chi connectivity index (χ4n) is 3.89. The van der Waals surface area contributed by atoms with Crippen molar-refractivity contribution < 1.29 is 14.3 Å². The SMILES string of the molecule is CN(C)C1=NC2(CCN(C(=O)[C@H]3COc4ccccc4C3)CC2)C(=O)N1. The quantitative estimate of drug-likeness (QED) is 0.802. The highest BCUT2D eigenvalue weighted by Gasteiger charge is 2.47. The maximum Gasteiger partial charge on any atom is 0.254 e. The van der Waals surface area contributed by atoms with E-state index in [-0.39, 0.29) is 17.7 Å². The molecule has 0 unspecified atom stereocenters. The number of hydrogen-bond acceptors (Lipinski definition) is 5. The van der Waals surface area contributed by atoms with Gasteiger partial charge in [0, 0.05) is 27.2 Å². The topological polar surface area (TPSA) is 74.2 Å². The van der Waals surface area contributed by atoms with Crippen LogP contribution in [0.15, 0.2) is 29.3 Å². The number of aliphatic imine (C=N–C) groups is 1. The number of amides is 2. The van der Waals surface area contributed by atoms with Gasteiger partial charge in [-0.2, -0.15) is 0 Å². The molecule has 1 N–H and O–H groups in total. The minimum Gasteiger partial charge on any atom is -0.492 e. The predicted octanol–water partition coefficient (Wildman–Crippen LogP) is 0.646. The Hall–Kier alpha value is -2.57. The molecular weight excluding hydrogens is 332 g/mol. The van der Waals surface area contributed by atoms with Crippen molar-refractivity contribution in [3.05, 3.63) is 29.8 Å². The molecule has 7 heteroatoms. The van der Waals surface area contributed by atoms with Gasteiger partial charge in [0.05, 0.1) is 5.92 Å². The Bertz CT molecular complexity index is 766. The van der Waals surface area contributed by atoms with Crippen LogP contribution >= 0.6 is 0 Å². The third kappa shape index (κ3) is 2.81. The molecule has 7 nitrogen and oxygen atoms in total. The zero-order valence-electron chi connectivity index (χ0n) is 15.2. The standard InChI is InChI=1S/C19H24N4O3/c1-22(2)18-20-17(25)19(21-18)7-9-23(10-8-19)16(24)14-11-13-5-3-4-6-15(13)26-12-14/h3-6,14H,7-12H2,1-2H3,(H,20,21,25)/t14-/m1/s1.